The van der Waals surface area contributed by atoms with Gasteiger partial charge in [0.15, 0.2) is 5.78 Å². The second-order valence-electron chi connectivity index (χ2n) is 5.18. The van der Waals surface area contributed by atoms with Crippen LogP contribution in [0.2, 0.25) is 0 Å². The fraction of sp³-hybridized carbons (Fsp3) is 0.400. The van der Waals surface area contributed by atoms with Crippen molar-refractivity contribution in [1.82, 2.24) is 10.3 Å². The first-order valence-corrected chi connectivity index (χ1v) is 6.70. The van der Waals surface area contributed by atoms with Crippen LogP contribution in [0.4, 0.5) is 4.39 Å². The maximum atomic E-state index is 13.7. The van der Waals surface area contributed by atoms with Crippen molar-refractivity contribution in [2.75, 3.05) is 13.1 Å². The maximum Gasteiger partial charge on any atom is 0.168 e. The Labute approximate surface area is 111 Å². The van der Waals surface area contributed by atoms with Crippen LogP contribution in [0.15, 0.2) is 18.2 Å². The number of piperidine rings is 1. The number of aromatic amines is 1. The number of benzene rings is 1. The minimum Gasteiger partial charge on any atom is -0.356 e. The van der Waals surface area contributed by atoms with Crippen molar-refractivity contribution in [3.63, 3.8) is 0 Å². The molecule has 1 aliphatic heterocycles. The Morgan fingerprint density at radius 2 is 2.05 bits per heavy atom. The maximum absolute atomic E-state index is 13.7. The van der Waals surface area contributed by atoms with Gasteiger partial charge in [0.05, 0.1) is 5.52 Å². The number of nitrogens with one attached hydrogen (secondary N) is 2. The van der Waals surface area contributed by atoms with Crippen LogP contribution in [-0.2, 0) is 0 Å². The number of hydrogen-bond donors (Lipinski definition) is 2. The summed E-state index contributed by atoms with van der Waals surface area (Å²) in [5.41, 5.74) is 1.88. The minimum atomic E-state index is -0.301. The third-order valence-electron chi connectivity index (χ3n) is 3.93. The number of halogens is 1. The number of aryl methyl sites for hydroxylation is 1. The molecule has 1 aromatic carbocycles. The molecule has 3 nitrogen and oxygen atoms in total. The molecule has 1 aromatic heterocycles. The molecule has 0 unspecified atom stereocenters. The van der Waals surface area contributed by atoms with E-state index < -0.39 is 0 Å². The van der Waals surface area contributed by atoms with Gasteiger partial charge in [-0.15, -0.1) is 0 Å². The second kappa shape index (κ2) is 4.78. The van der Waals surface area contributed by atoms with Gasteiger partial charge in [0.1, 0.15) is 5.82 Å². The highest BCUT2D eigenvalue weighted by Gasteiger charge is 2.26. The van der Waals surface area contributed by atoms with E-state index in [1.165, 1.54) is 6.07 Å². The Hall–Kier alpha value is -1.68. The normalized spacial score (nSPS) is 16.9. The summed E-state index contributed by atoms with van der Waals surface area (Å²) in [6.45, 7) is 3.60. The number of H-pyrrole nitrogens is 1. The molecule has 0 radical (unpaired) electrons. The molecule has 100 valence electrons. The Kier molecular flexibility index (Phi) is 3.11. The number of ketones is 1. The lowest BCUT2D eigenvalue weighted by molar-refractivity contribution is 0.0896. The van der Waals surface area contributed by atoms with Gasteiger partial charge in [-0.05, 0) is 38.9 Å². The monoisotopic (exact) mass is 260 g/mol. The first-order valence-electron chi connectivity index (χ1n) is 6.70. The predicted octanol–water partition coefficient (Wildman–Crippen LogP) is 2.80. The molecule has 2 N–H and O–H groups in total. The molecule has 2 heterocycles. The minimum absolute atomic E-state index is 0.0576. The fourth-order valence-electron chi connectivity index (χ4n) is 2.92. The Morgan fingerprint density at radius 1 is 1.32 bits per heavy atom. The van der Waals surface area contributed by atoms with Crippen molar-refractivity contribution in [2.24, 2.45) is 5.92 Å². The summed E-state index contributed by atoms with van der Waals surface area (Å²) >= 11 is 0. The average Bonchev–Trinajstić information content (AvgIpc) is 2.77. The van der Waals surface area contributed by atoms with Gasteiger partial charge in [0.2, 0.25) is 0 Å². The molecule has 1 fully saturated rings. The number of para-hydroxylation sites is 1. The standard InChI is InChI=1S/C15H17FN2O/c1-9-13(15(19)10-5-7-17-8-6-10)11-3-2-4-12(16)14(11)18-9/h2-4,10,17-18H,5-8H2,1H3. The third-order valence-corrected chi connectivity index (χ3v) is 3.93. The number of aromatic nitrogens is 1. The predicted molar refractivity (Wildman–Crippen MR) is 72.9 cm³/mol. The van der Waals surface area contributed by atoms with E-state index in [2.05, 4.69) is 10.3 Å². The first-order chi connectivity index (χ1) is 9.18. The van der Waals surface area contributed by atoms with Gasteiger partial charge in [0.25, 0.3) is 0 Å². The summed E-state index contributed by atoms with van der Waals surface area (Å²) in [4.78, 5) is 15.6. The van der Waals surface area contributed by atoms with Crippen LogP contribution >= 0.6 is 0 Å². The largest absolute Gasteiger partial charge is 0.356 e. The smallest absolute Gasteiger partial charge is 0.168 e. The van der Waals surface area contributed by atoms with Gasteiger partial charge in [0, 0.05) is 22.6 Å². The molecule has 1 saturated heterocycles. The topological polar surface area (TPSA) is 44.9 Å². The lowest BCUT2D eigenvalue weighted by Gasteiger charge is -2.21. The number of carbonyl (C=O) groups excluding carboxylic acids is 1. The zero-order chi connectivity index (χ0) is 13.4. The number of hydrogen-bond acceptors (Lipinski definition) is 2. The SMILES string of the molecule is Cc1[nH]c2c(F)cccc2c1C(=O)C1CCNCC1. The van der Waals surface area contributed by atoms with Crippen molar-refractivity contribution >= 4 is 16.7 Å². The van der Waals surface area contributed by atoms with Crippen LogP contribution in [0.1, 0.15) is 28.9 Å². The third kappa shape index (κ3) is 2.06. The van der Waals surface area contributed by atoms with E-state index in [-0.39, 0.29) is 17.5 Å². The van der Waals surface area contributed by atoms with Crippen LogP contribution in [0, 0.1) is 18.7 Å². The number of carbonyl (C=O) groups is 1. The van der Waals surface area contributed by atoms with E-state index in [4.69, 9.17) is 0 Å². The fourth-order valence-corrected chi connectivity index (χ4v) is 2.92. The van der Waals surface area contributed by atoms with E-state index in [1.807, 2.05) is 13.0 Å². The van der Waals surface area contributed by atoms with Gasteiger partial charge >= 0.3 is 0 Å². The molecular weight excluding hydrogens is 243 g/mol. The van der Waals surface area contributed by atoms with Gasteiger partial charge in [-0.2, -0.15) is 0 Å². The average molecular weight is 260 g/mol. The van der Waals surface area contributed by atoms with E-state index in [9.17, 15) is 9.18 Å². The summed E-state index contributed by atoms with van der Waals surface area (Å²) < 4.78 is 13.7. The van der Waals surface area contributed by atoms with Crippen LogP contribution in [0.5, 0.6) is 0 Å². The molecule has 4 heteroatoms. The Balaban J connectivity index is 2.06. The lowest BCUT2D eigenvalue weighted by atomic mass is 9.88. The molecule has 0 saturated carbocycles. The molecule has 0 spiro atoms. The van der Waals surface area contributed by atoms with E-state index >= 15 is 0 Å². The molecule has 2 aromatic rings. The van der Waals surface area contributed by atoms with Crippen molar-refractivity contribution in [3.05, 3.63) is 35.3 Å². The summed E-state index contributed by atoms with van der Waals surface area (Å²) in [5.74, 6) is -0.0944. The summed E-state index contributed by atoms with van der Waals surface area (Å²) in [5, 5.41) is 3.97. The summed E-state index contributed by atoms with van der Waals surface area (Å²) in [6.07, 6.45) is 1.72. The van der Waals surface area contributed by atoms with Crippen LogP contribution in [0.3, 0.4) is 0 Å². The molecule has 19 heavy (non-hydrogen) atoms. The van der Waals surface area contributed by atoms with Crippen molar-refractivity contribution in [1.29, 1.82) is 0 Å². The molecule has 0 atom stereocenters. The van der Waals surface area contributed by atoms with Gasteiger partial charge in [-0.1, -0.05) is 12.1 Å². The molecule has 0 aliphatic carbocycles. The first kappa shape index (κ1) is 12.4. The van der Waals surface area contributed by atoms with Gasteiger partial charge < -0.3 is 10.3 Å². The van der Waals surface area contributed by atoms with E-state index in [0.717, 1.165) is 31.6 Å². The molecule has 3 rings (SSSR count). The quantitative estimate of drug-likeness (QED) is 0.815. The lowest BCUT2D eigenvalue weighted by Crippen LogP contribution is -2.32. The number of Topliss-reactive ketones (excluding diaryl/α,β-unsaturated/α-hetero) is 1. The molecule has 0 bridgehead atoms. The van der Waals surface area contributed by atoms with Crippen LogP contribution in [0.25, 0.3) is 10.9 Å². The van der Waals surface area contributed by atoms with Crippen LogP contribution < -0.4 is 5.32 Å². The zero-order valence-corrected chi connectivity index (χ0v) is 10.9. The van der Waals surface area contributed by atoms with Crippen molar-refractivity contribution < 1.29 is 9.18 Å². The Morgan fingerprint density at radius 3 is 2.79 bits per heavy atom. The van der Waals surface area contributed by atoms with E-state index in [0.29, 0.717) is 16.5 Å². The van der Waals surface area contributed by atoms with Crippen molar-refractivity contribution in [3.8, 4) is 0 Å². The highest BCUT2D eigenvalue weighted by atomic mass is 19.1. The summed E-state index contributed by atoms with van der Waals surface area (Å²) in [6, 6.07) is 4.89. The number of fused-ring (bicyclic) bond motifs is 1. The van der Waals surface area contributed by atoms with Crippen molar-refractivity contribution in [2.45, 2.75) is 19.8 Å². The molecule has 1 aliphatic rings. The molecular formula is C15H17FN2O. The van der Waals surface area contributed by atoms with Crippen LogP contribution in [-0.4, -0.2) is 23.9 Å². The van der Waals surface area contributed by atoms with Gasteiger partial charge in [-0.3, -0.25) is 4.79 Å². The summed E-state index contributed by atoms with van der Waals surface area (Å²) in [7, 11) is 0. The number of rotatable bonds is 2. The second-order valence-corrected chi connectivity index (χ2v) is 5.18. The highest BCUT2D eigenvalue weighted by molar-refractivity contribution is 6.10. The Bertz CT molecular complexity index is 626. The zero-order valence-electron chi connectivity index (χ0n) is 10.9. The highest BCUT2D eigenvalue weighted by Crippen LogP contribution is 2.28. The van der Waals surface area contributed by atoms with E-state index in [1.54, 1.807) is 6.07 Å². The van der Waals surface area contributed by atoms with Gasteiger partial charge in [-0.25, -0.2) is 4.39 Å². The molecule has 0 amide bonds.